The Labute approximate surface area is 175 Å². The molecule has 158 valence electrons. The van der Waals surface area contributed by atoms with E-state index < -0.39 is 21.1 Å². The van der Waals surface area contributed by atoms with Crippen LogP contribution in [0.3, 0.4) is 0 Å². The molecule has 2 heterocycles. The molecule has 1 fully saturated rings. The van der Waals surface area contributed by atoms with E-state index in [1.54, 1.807) is 28.8 Å². The standard InChI is InChI=1S/C23H25FN2O3S/c1-2-3-11-26-16-22(30(28,29)17-9-5-4-6-10-17)23(27)18-14-19(24)21(15-20(18)26)25-12-7-8-13-25/h4-6,9-10,14-16H,2-3,7-8,11-13H2,1H3. The number of nitrogens with zero attached hydrogens (tertiary/aromatic N) is 2. The van der Waals surface area contributed by atoms with E-state index in [0.29, 0.717) is 17.7 Å². The number of hydrogen-bond donors (Lipinski definition) is 0. The lowest BCUT2D eigenvalue weighted by Crippen LogP contribution is -2.22. The zero-order valence-electron chi connectivity index (χ0n) is 17.0. The van der Waals surface area contributed by atoms with Crippen LogP contribution in [0.5, 0.6) is 0 Å². The highest BCUT2D eigenvalue weighted by molar-refractivity contribution is 7.91. The fourth-order valence-electron chi connectivity index (χ4n) is 4.00. The average Bonchev–Trinajstić information content (AvgIpc) is 3.28. The van der Waals surface area contributed by atoms with Crippen LogP contribution >= 0.6 is 0 Å². The van der Waals surface area contributed by atoms with Crippen LogP contribution in [0.25, 0.3) is 10.9 Å². The SMILES string of the molecule is CCCCn1cc(S(=O)(=O)c2ccccc2)c(=O)c2cc(F)c(N3CCCC3)cc21. The molecule has 0 aliphatic carbocycles. The van der Waals surface area contributed by atoms with Crippen molar-refractivity contribution in [3.05, 3.63) is 64.7 Å². The molecule has 0 bridgehead atoms. The fourth-order valence-corrected chi connectivity index (χ4v) is 5.39. The zero-order chi connectivity index (χ0) is 21.3. The van der Waals surface area contributed by atoms with Gasteiger partial charge in [-0.3, -0.25) is 4.79 Å². The highest BCUT2D eigenvalue weighted by Crippen LogP contribution is 2.29. The van der Waals surface area contributed by atoms with Crippen molar-refractivity contribution in [3.63, 3.8) is 0 Å². The smallest absolute Gasteiger partial charge is 0.211 e. The lowest BCUT2D eigenvalue weighted by atomic mass is 10.1. The molecular weight excluding hydrogens is 403 g/mol. The number of hydrogen-bond acceptors (Lipinski definition) is 4. The Morgan fingerprint density at radius 2 is 1.77 bits per heavy atom. The van der Waals surface area contributed by atoms with Gasteiger partial charge in [0.1, 0.15) is 10.7 Å². The predicted octanol–water partition coefficient (Wildman–Crippen LogP) is 4.37. The van der Waals surface area contributed by atoms with Gasteiger partial charge in [-0.1, -0.05) is 31.5 Å². The number of halogens is 1. The van der Waals surface area contributed by atoms with Crippen LogP contribution in [0.4, 0.5) is 10.1 Å². The summed E-state index contributed by atoms with van der Waals surface area (Å²) in [7, 11) is -4.01. The largest absolute Gasteiger partial charge is 0.369 e. The molecule has 0 saturated carbocycles. The number of pyridine rings is 1. The van der Waals surface area contributed by atoms with Gasteiger partial charge in [0.15, 0.2) is 0 Å². The fraction of sp³-hybridized carbons (Fsp3) is 0.348. The van der Waals surface area contributed by atoms with Crippen molar-refractivity contribution in [2.45, 2.75) is 48.9 Å². The molecule has 2 aromatic carbocycles. The van der Waals surface area contributed by atoms with Gasteiger partial charge < -0.3 is 9.47 Å². The highest BCUT2D eigenvalue weighted by Gasteiger charge is 2.25. The van der Waals surface area contributed by atoms with E-state index in [0.717, 1.165) is 38.8 Å². The van der Waals surface area contributed by atoms with E-state index in [1.807, 2.05) is 11.8 Å². The molecule has 5 nitrogen and oxygen atoms in total. The van der Waals surface area contributed by atoms with Crippen LogP contribution in [0.1, 0.15) is 32.6 Å². The Balaban J connectivity index is 1.96. The summed E-state index contributed by atoms with van der Waals surface area (Å²) in [6, 6.07) is 10.8. The van der Waals surface area contributed by atoms with Gasteiger partial charge >= 0.3 is 0 Å². The number of fused-ring (bicyclic) bond motifs is 1. The minimum atomic E-state index is -4.01. The normalized spacial score (nSPS) is 14.5. The van der Waals surface area contributed by atoms with Crippen LogP contribution < -0.4 is 10.3 Å². The van der Waals surface area contributed by atoms with Gasteiger partial charge in [0, 0.05) is 25.8 Å². The van der Waals surface area contributed by atoms with Crippen molar-refractivity contribution < 1.29 is 12.8 Å². The first-order valence-electron chi connectivity index (χ1n) is 10.3. The van der Waals surface area contributed by atoms with Crippen molar-refractivity contribution >= 4 is 26.4 Å². The molecule has 4 rings (SSSR count). The molecule has 0 atom stereocenters. The monoisotopic (exact) mass is 428 g/mol. The summed E-state index contributed by atoms with van der Waals surface area (Å²) in [5, 5.41) is 0.101. The van der Waals surface area contributed by atoms with Crippen LogP contribution in [-0.2, 0) is 16.4 Å². The molecular formula is C23H25FN2O3S. The summed E-state index contributed by atoms with van der Waals surface area (Å²) in [6.45, 7) is 4.15. The summed E-state index contributed by atoms with van der Waals surface area (Å²) >= 11 is 0. The lowest BCUT2D eigenvalue weighted by molar-refractivity contribution is 0.590. The maximum atomic E-state index is 14.9. The minimum absolute atomic E-state index is 0.0534. The second-order valence-corrected chi connectivity index (χ2v) is 9.62. The van der Waals surface area contributed by atoms with Crippen molar-refractivity contribution in [2.24, 2.45) is 0 Å². The molecule has 3 aromatic rings. The number of aryl methyl sites for hydroxylation is 1. The third-order valence-electron chi connectivity index (χ3n) is 5.66. The van der Waals surface area contributed by atoms with Crippen LogP contribution in [0.15, 0.2) is 63.2 Å². The van der Waals surface area contributed by atoms with Crippen LogP contribution in [0.2, 0.25) is 0 Å². The number of sulfone groups is 1. The Kier molecular flexibility index (Phi) is 5.64. The Morgan fingerprint density at radius 3 is 2.43 bits per heavy atom. The van der Waals surface area contributed by atoms with Crippen molar-refractivity contribution in [2.75, 3.05) is 18.0 Å². The van der Waals surface area contributed by atoms with E-state index in [1.165, 1.54) is 24.4 Å². The molecule has 1 aliphatic heterocycles. The van der Waals surface area contributed by atoms with Crippen molar-refractivity contribution in [1.29, 1.82) is 0 Å². The molecule has 1 aliphatic rings. The molecule has 1 aromatic heterocycles. The summed E-state index contributed by atoms with van der Waals surface area (Å²) in [4.78, 5) is 14.9. The van der Waals surface area contributed by atoms with E-state index in [-0.39, 0.29) is 15.2 Å². The van der Waals surface area contributed by atoms with Gasteiger partial charge in [0.25, 0.3) is 0 Å². The van der Waals surface area contributed by atoms with Gasteiger partial charge in [-0.25, -0.2) is 12.8 Å². The zero-order valence-corrected chi connectivity index (χ0v) is 17.8. The first-order chi connectivity index (χ1) is 14.4. The molecule has 0 amide bonds. The first-order valence-corrected chi connectivity index (χ1v) is 11.8. The van der Waals surface area contributed by atoms with Crippen LogP contribution in [-0.4, -0.2) is 26.1 Å². The number of rotatable bonds is 6. The number of unbranched alkanes of at least 4 members (excludes halogenated alkanes) is 1. The van der Waals surface area contributed by atoms with Gasteiger partial charge in [-0.05, 0) is 43.5 Å². The minimum Gasteiger partial charge on any atom is -0.369 e. The van der Waals surface area contributed by atoms with E-state index in [9.17, 15) is 17.6 Å². The Hall–Kier alpha value is -2.67. The van der Waals surface area contributed by atoms with Gasteiger partial charge in [0.2, 0.25) is 15.3 Å². The summed E-state index contributed by atoms with van der Waals surface area (Å²) in [6.07, 6.45) is 5.17. The van der Waals surface area contributed by atoms with E-state index >= 15 is 0 Å². The molecule has 30 heavy (non-hydrogen) atoms. The third kappa shape index (κ3) is 3.62. The Bertz CT molecular complexity index is 1230. The number of aromatic nitrogens is 1. The molecule has 0 N–H and O–H groups in total. The van der Waals surface area contributed by atoms with E-state index in [4.69, 9.17) is 0 Å². The topological polar surface area (TPSA) is 59.4 Å². The maximum absolute atomic E-state index is 14.9. The van der Waals surface area contributed by atoms with Gasteiger partial charge in [-0.15, -0.1) is 0 Å². The molecule has 0 radical (unpaired) electrons. The lowest BCUT2D eigenvalue weighted by Gasteiger charge is -2.21. The van der Waals surface area contributed by atoms with E-state index in [2.05, 4.69) is 0 Å². The average molecular weight is 429 g/mol. The molecule has 0 spiro atoms. The van der Waals surface area contributed by atoms with Crippen molar-refractivity contribution in [1.82, 2.24) is 4.57 Å². The Morgan fingerprint density at radius 1 is 1.07 bits per heavy atom. The second kappa shape index (κ2) is 8.22. The maximum Gasteiger partial charge on any atom is 0.211 e. The molecule has 0 unspecified atom stereocenters. The van der Waals surface area contributed by atoms with Crippen LogP contribution in [0, 0.1) is 5.82 Å². The molecule has 7 heteroatoms. The quantitative estimate of drug-likeness (QED) is 0.585. The van der Waals surface area contributed by atoms with Gasteiger partial charge in [0.05, 0.1) is 21.5 Å². The summed E-state index contributed by atoms with van der Waals surface area (Å²) in [5.74, 6) is -0.488. The summed E-state index contributed by atoms with van der Waals surface area (Å²) < 4.78 is 43.1. The predicted molar refractivity (Wildman–Crippen MR) is 116 cm³/mol. The van der Waals surface area contributed by atoms with Crippen molar-refractivity contribution in [3.8, 4) is 0 Å². The number of benzene rings is 2. The first kappa shape index (κ1) is 20.6. The van der Waals surface area contributed by atoms with Gasteiger partial charge in [-0.2, -0.15) is 0 Å². The second-order valence-electron chi connectivity index (χ2n) is 7.70. The number of anilines is 1. The highest BCUT2D eigenvalue weighted by atomic mass is 32.2. The molecule has 1 saturated heterocycles. The summed E-state index contributed by atoms with van der Waals surface area (Å²) in [5.41, 5.74) is 0.389. The third-order valence-corrected chi connectivity index (χ3v) is 7.42.